The molecule has 1 amide bonds. The van der Waals surface area contributed by atoms with Crippen molar-refractivity contribution in [2.24, 2.45) is 5.92 Å². The summed E-state index contributed by atoms with van der Waals surface area (Å²) in [6.45, 7) is 6.37. The van der Waals surface area contributed by atoms with Crippen LogP contribution >= 0.6 is 24.0 Å². The molecule has 0 saturated heterocycles. The molecule has 4 rings (SSSR count). The van der Waals surface area contributed by atoms with Gasteiger partial charge in [0.15, 0.2) is 0 Å². The minimum absolute atomic E-state index is 0. The van der Waals surface area contributed by atoms with Crippen LogP contribution in [0, 0.1) is 5.92 Å². The summed E-state index contributed by atoms with van der Waals surface area (Å²) in [5.41, 5.74) is 3.06. The number of aromatic amines is 1. The lowest BCUT2D eigenvalue weighted by Crippen LogP contribution is -2.30. The van der Waals surface area contributed by atoms with E-state index in [-0.39, 0.29) is 18.3 Å². The standard InChI is InChI=1S/C26H32ClN3O.ClH/c1-2-14-30(18-21-16-23(21)19-9-11-22(27)12-10-19)15-6-5-13-28-26(31)25-17-20-7-3-4-8-24(20)29-25;/h3-4,7-12,17,21,23,29H,2,5-6,13-16,18H2,1H3,(H,28,31);1H. The molecule has 6 heteroatoms. The molecule has 0 bridgehead atoms. The first-order valence-electron chi connectivity index (χ1n) is 11.5. The van der Waals surface area contributed by atoms with E-state index in [1.807, 2.05) is 42.5 Å². The summed E-state index contributed by atoms with van der Waals surface area (Å²) in [7, 11) is 0. The maximum atomic E-state index is 12.4. The van der Waals surface area contributed by atoms with Crippen LogP contribution in [0.15, 0.2) is 54.6 Å². The van der Waals surface area contributed by atoms with Gasteiger partial charge >= 0.3 is 0 Å². The monoisotopic (exact) mass is 473 g/mol. The zero-order chi connectivity index (χ0) is 21.6. The molecule has 3 aromatic rings. The lowest BCUT2D eigenvalue weighted by molar-refractivity contribution is 0.0948. The highest BCUT2D eigenvalue weighted by atomic mass is 35.5. The summed E-state index contributed by atoms with van der Waals surface area (Å²) in [5, 5.41) is 4.93. The second-order valence-electron chi connectivity index (χ2n) is 8.69. The predicted octanol–water partition coefficient (Wildman–Crippen LogP) is 6.27. The van der Waals surface area contributed by atoms with E-state index in [9.17, 15) is 4.79 Å². The van der Waals surface area contributed by atoms with Crippen LogP contribution in [-0.2, 0) is 0 Å². The molecule has 1 aliphatic carbocycles. The van der Waals surface area contributed by atoms with E-state index in [4.69, 9.17) is 11.6 Å². The smallest absolute Gasteiger partial charge is 0.267 e. The molecule has 32 heavy (non-hydrogen) atoms. The van der Waals surface area contributed by atoms with E-state index in [1.54, 1.807) is 0 Å². The van der Waals surface area contributed by atoms with Crippen molar-refractivity contribution < 1.29 is 4.79 Å². The fourth-order valence-corrected chi connectivity index (χ4v) is 4.59. The van der Waals surface area contributed by atoms with Crippen molar-refractivity contribution in [2.75, 3.05) is 26.2 Å². The van der Waals surface area contributed by atoms with Crippen molar-refractivity contribution in [3.8, 4) is 0 Å². The van der Waals surface area contributed by atoms with Crippen LogP contribution in [0.1, 0.15) is 54.6 Å². The summed E-state index contributed by atoms with van der Waals surface area (Å²) in [6, 6.07) is 18.2. The van der Waals surface area contributed by atoms with Gasteiger partial charge in [-0.1, -0.05) is 48.9 Å². The molecular weight excluding hydrogens is 441 g/mol. The average Bonchev–Trinajstić information content (AvgIpc) is 3.39. The molecule has 172 valence electrons. The zero-order valence-electron chi connectivity index (χ0n) is 18.6. The summed E-state index contributed by atoms with van der Waals surface area (Å²) < 4.78 is 0. The van der Waals surface area contributed by atoms with Gasteiger partial charge in [-0.15, -0.1) is 12.4 Å². The van der Waals surface area contributed by atoms with Crippen LogP contribution < -0.4 is 5.32 Å². The maximum Gasteiger partial charge on any atom is 0.267 e. The molecule has 2 unspecified atom stereocenters. The van der Waals surface area contributed by atoms with Gasteiger partial charge in [-0.3, -0.25) is 4.79 Å². The Kier molecular flexibility index (Phi) is 9.03. The van der Waals surface area contributed by atoms with Crippen LogP contribution in [0.5, 0.6) is 0 Å². The number of carbonyl (C=O) groups is 1. The number of rotatable bonds is 11. The maximum absolute atomic E-state index is 12.4. The van der Waals surface area contributed by atoms with Gasteiger partial charge in [-0.05, 0) is 80.4 Å². The zero-order valence-corrected chi connectivity index (χ0v) is 20.2. The predicted molar refractivity (Wildman–Crippen MR) is 136 cm³/mol. The molecule has 0 aliphatic heterocycles. The molecule has 1 saturated carbocycles. The molecular formula is C26H33Cl2N3O. The van der Waals surface area contributed by atoms with E-state index in [0.29, 0.717) is 18.2 Å². The number of fused-ring (bicyclic) bond motifs is 1. The number of aromatic nitrogens is 1. The highest BCUT2D eigenvalue weighted by Crippen LogP contribution is 2.48. The van der Waals surface area contributed by atoms with E-state index in [0.717, 1.165) is 47.8 Å². The van der Waals surface area contributed by atoms with Crippen molar-refractivity contribution in [2.45, 2.75) is 38.5 Å². The minimum Gasteiger partial charge on any atom is -0.351 e. The number of para-hydroxylation sites is 1. The number of halogens is 2. The number of carbonyl (C=O) groups excluding carboxylic acids is 1. The van der Waals surface area contributed by atoms with Gasteiger partial charge in [0.05, 0.1) is 0 Å². The number of H-pyrrole nitrogens is 1. The van der Waals surface area contributed by atoms with Gasteiger partial charge in [-0.2, -0.15) is 0 Å². The van der Waals surface area contributed by atoms with Crippen LogP contribution in [0.2, 0.25) is 5.02 Å². The fourth-order valence-electron chi connectivity index (χ4n) is 4.46. The lowest BCUT2D eigenvalue weighted by Gasteiger charge is -2.22. The number of hydrogen-bond donors (Lipinski definition) is 2. The van der Waals surface area contributed by atoms with Gasteiger partial charge in [0.2, 0.25) is 0 Å². The van der Waals surface area contributed by atoms with Gasteiger partial charge < -0.3 is 15.2 Å². The molecule has 1 aliphatic rings. The number of hydrogen-bond acceptors (Lipinski definition) is 2. The molecule has 2 atom stereocenters. The van der Waals surface area contributed by atoms with Crippen molar-refractivity contribution in [3.05, 3.63) is 70.9 Å². The highest BCUT2D eigenvalue weighted by molar-refractivity contribution is 6.30. The molecule has 2 N–H and O–H groups in total. The van der Waals surface area contributed by atoms with Crippen molar-refractivity contribution in [1.29, 1.82) is 0 Å². The Balaban J connectivity index is 0.00000289. The summed E-state index contributed by atoms with van der Waals surface area (Å²) in [5.74, 6) is 1.42. The Hall–Kier alpha value is -2.01. The van der Waals surface area contributed by atoms with Crippen molar-refractivity contribution in [3.63, 3.8) is 0 Å². The third-order valence-corrected chi connectivity index (χ3v) is 6.47. The first kappa shape index (κ1) is 24.6. The molecule has 4 nitrogen and oxygen atoms in total. The third-order valence-electron chi connectivity index (χ3n) is 6.21. The first-order valence-corrected chi connectivity index (χ1v) is 11.9. The van der Waals surface area contributed by atoms with Gasteiger partial charge in [0.25, 0.3) is 5.91 Å². The first-order chi connectivity index (χ1) is 15.1. The molecule has 0 spiro atoms. The molecule has 1 fully saturated rings. The normalized spacial score (nSPS) is 17.3. The summed E-state index contributed by atoms with van der Waals surface area (Å²) >= 11 is 6.02. The van der Waals surface area contributed by atoms with Gasteiger partial charge in [0, 0.05) is 29.0 Å². The Labute approximate surface area is 202 Å². The highest BCUT2D eigenvalue weighted by Gasteiger charge is 2.38. The van der Waals surface area contributed by atoms with Gasteiger partial charge in [-0.25, -0.2) is 0 Å². The van der Waals surface area contributed by atoms with Crippen LogP contribution in [-0.4, -0.2) is 42.0 Å². The van der Waals surface area contributed by atoms with E-state index in [1.165, 1.54) is 24.9 Å². The largest absolute Gasteiger partial charge is 0.351 e. The molecule has 1 aromatic heterocycles. The second-order valence-corrected chi connectivity index (χ2v) is 9.12. The van der Waals surface area contributed by atoms with Gasteiger partial charge in [0.1, 0.15) is 5.69 Å². The van der Waals surface area contributed by atoms with E-state index in [2.05, 4.69) is 34.3 Å². The lowest BCUT2D eigenvalue weighted by atomic mass is 10.1. The number of benzene rings is 2. The summed E-state index contributed by atoms with van der Waals surface area (Å²) in [6.07, 6.45) is 4.56. The Morgan fingerprint density at radius 3 is 2.66 bits per heavy atom. The molecule has 2 aromatic carbocycles. The second kappa shape index (κ2) is 11.7. The Bertz CT molecular complexity index is 969. The number of nitrogens with zero attached hydrogens (tertiary/aromatic N) is 1. The number of unbranched alkanes of at least 4 members (excludes halogenated alkanes) is 1. The number of nitrogens with one attached hydrogen (secondary N) is 2. The average molecular weight is 474 g/mol. The third kappa shape index (κ3) is 6.50. The Morgan fingerprint density at radius 1 is 1.12 bits per heavy atom. The van der Waals surface area contributed by atoms with E-state index < -0.39 is 0 Å². The molecule has 0 radical (unpaired) electrons. The van der Waals surface area contributed by atoms with E-state index >= 15 is 0 Å². The van der Waals surface area contributed by atoms with Crippen molar-refractivity contribution in [1.82, 2.24) is 15.2 Å². The number of amides is 1. The van der Waals surface area contributed by atoms with Crippen LogP contribution in [0.4, 0.5) is 0 Å². The SMILES string of the molecule is CCCN(CCCCNC(=O)c1cc2ccccc2[nH]1)CC1CC1c1ccc(Cl)cc1.Cl. The quantitative estimate of drug-likeness (QED) is 0.322. The topological polar surface area (TPSA) is 48.1 Å². The minimum atomic E-state index is -0.0228. The fraction of sp³-hybridized carbons (Fsp3) is 0.423. The summed E-state index contributed by atoms with van der Waals surface area (Å²) in [4.78, 5) is 18.2. The van der Waals surface area contributed by atoms with Crippen molar-refractivity contribution >= 4 is 40.8 Å². The van der Waals surface area contributed by atoms with Crippen LogP contribution in [0.25, 0.3) is 10.9 Å². The molecule has 1 heterocycles. The van der Waals surface area contributed by atoms with Crippen LogP contribution in [0.3, 0.4) is 0 Å². The Morgan fingerprint density at radius 2 is 1.91 bits per heavy atom.